The summed E-state index contributed by atoms with van der Waals surface area (Å²) in [7, 11) is 0. The van der Waals surface area contributed by atoms with Gasteiger partial charge in [-0.3, -0.25) is 14.6 Å². The first-order chi connectivity index (χ1) is 15.2. The second kappa shape index (κ2) is 10.8. The Balaban J connectivity index is 1.93. The van der Waals surface area contributed by atoms with Crippen LogP contribution in [0.4, 0.5) is 8.78 Å². The predicted molar refractivity (Wildman–Crippen MR) is 110 cm³/mol. The van der Waals surface area contributed by atoms with Crippen molar-refractivity contribution >= 4 is 35.1 Å². The van der Waals surface area contributed by atoms with Gasteiger partial charge in [0.1, 0.15) is 12.5 Å². The summed E-state index contributed by atoms with van der Waals surface area (Å²) in [5.74, 6) is -2.11. The fourth-order valence-electron chi connectivity index (χ4n) is 2.89. The Bertz CT molecular complexity index is 967. The molecule has 1 aliphatic carbocycles. The number of carbonyl (C=O) groups excluding carboxylic acids is 1. The summed E-state index contributed by atoms with van der Waals surface area (Å²) < 4.78 is 41.2. The first-order valence-electron chi connectivity index (χ1n) is 9.63. The minimum absolute atomic E-state index is 0.0112. The van der Waals surface area contributed by atoms with Gasteiger partial charge in [0.25, 0.3) is 0 Å². The van der Waals surface area contributed by atoms with Crippen LogP contribution in [0.15, 0.2) is 30.6 Å². The van der Waals surface area contributed by atoms with Crippen molar-refractivity contribution < 1.29 is 37.7 Å². The third-order valence-electron chi connectivity index (χ3n) is 4.64. The van der Waals surface area contributed by atoms with E-state index in [9.17, 15) is 18.4 Å². The predicted octanol–water partition coefficient (Wildman–Crippen LogP) is 5.08. The van der Waals surface area contributed by atoms with Gasteiger partial charge >= 0.3 is 18.6 Å². The number of aliphatic carboxylic acids is 1. The lowest BCUT2D eigenvalue weighted by Crippen LogP contribution is -2.17. The zero-order chi connectivity index (χ0) is 23.3. The molecule has 2 aromatic rings. The molecule has 0 aliphatic heterocycles. The van der Waals surface area contributed by atoms with E-state index in [2.05, 4.69) is 9.72 Å². The van der Waals surface area contributed by atoms with Crippen molar-refractivity contribution in [1.29, 1.82) is 0 Å². The normalized spacial score (nSPS) is 14.2. The molecule has 1 N–H and O–H groups in total. The molecule has 0 spiro atoms. The molecule has 172 valence electrons. The van der Waals surface area contributed by atoms with Gasteiger partial charge in [0, 0.05) is 18.8 Å². The second-order valence-corrected chi connectivity index (χ2v) is 7.99. The van der Waals surface area contributed by atoms with Gasteiger partial charge in [-0.25, -0.2) is 0 Å². The van der Waals surface area contributed by atoms with Crippen molar-refractivity contribution in [3.8, 4) is 11.5 Å². The Morgan fingerprint density at radius 2 is 1.84 bits per heavy atom. The van der Waals surface area contributed by atoms with E-state index in [1.165, 1.54) is 30.6 Å². The molecule has 1 atom stereocenters. The van der Waals surface area contributed by atoms with Crippen molar-refractivity contribution in [3.63, 3.8) is 0 Å². The fourth-order valence-corrected chi connectivity index (χ4v) is 3.41. The molecule has 0 amide bonds. The van der Waals surface area contributed by atoms with E-state index in [0.29, 0.717) is 23.7 Å². The Morgan fingerprint density at radius 3 is 2.44 bits per heavy atom. The summed E-state index contributed by atoms with van der Waals surface area (Å²) in [6.45, 7) is -2.73. The average Bonchev–Trinajstić information content (AvgIpc) is 3.53. The van der Waals surface area contributed by atoms with Crippen LogP contribution in [-0.4, -0.2) is 35.2 Å². The van der Waals surface area contributed by atoms with E-state index in [-0.39, 0.29) is 28.0 Å². The summed E-state index contributed by atoms with van der Waals surface area (Å²) in [5.41, 5.74) is 0.782. The number of pyridine rings is 1. The maximum Gasteiger partial charge on any atom is 0.387 e. The van der Waals surface area contributed by atoms with Crippen LogP contribution in [0.25, 0.3) is 0 Å². The Kier molecular flexibility index (Phi) is 8.09. The zero-order valence-corrected chi connectivity index (χ0v) is 18.1. The van der Waals surface area contributed by atoms with Gasteiger partial charge in [-0.2, -0.15) is 8.78 Å². The topological polar surface area (TPSA) is 95.0 Å². The van der Waals surface area contributed by atoms with Gasteiger partial charge in [-0.15, -0.1) is 0 Å². The monoisotopic (exact) mass is 489 g/mol. The number of carboxylic acid groups (broad SMARTS) is 1. The van der Waals surface area contributed by atoms with E-state index >= 15 is 0 Å². The molecule has 3 rings (SSSR count). The van der Waals surface area contributed by atoms with Gasteiger partial charge in [-0.05, 0) is 42.0 Å². The minimum Gasteiger partial charge on any atom is -0.489 e. The maximum absolute atomic E-state index is 12.8. The quantitative estimate of drug-likeness (QED) is 0.347. The standard InChI is InChI=1S/C21H19Cl2F2NO6/c22-14-8-26-9-15(23)13(14)6-17(31-20(29)7-19(27)28)12-3-4-16(32-21(24)25)18(5-12)30-10-11-1-2-11/h3-5,8-9,11,17,21H,1-2,6-7,10H2,(H,27,28)/t17-/m0/s1. The number of ether oxygens (including phenoxy) is 3. The lowest BCUT2D eigenvalue weighted by atomic mass is 10.0. The number of hydrogen-bond acceptors (Lipinski definition) is 6. The highest BCUT2D eigenvalue weighted by atomic mass is 35.5. The Labute approximate surface area is 192 Å². The number of rotatable bonds is 11. The molecule has 1 saturated carbocycles. The fraction of sp³-hybridized carbons (Fsp3) is 0.381. The van der Waals surface area contributed by atoms with Crippen molar-refractivity contribution in [1.82, 2.24) is 4.98 Å². The lowest BCUT2D eigenvalue weighted by Gasteiger charge is -2.21. The van der Waals surface area contributed by atoms with Crippen LogP contribution in [0.1, 0.15) is 36.5 Å². The van der Waals surface area contributed by atoms with Crippen LogP contribution >= 0.6 is 23.2 Å². The molecule has 7 nitrogen and oxygen atoms in total. The highest BCUT2D eigenvalue weighted by Gasteiger charge is 2.26. The Morgan fingerprint density at radius 1 is 1.16 bits per heavy atom. The Hall–Kier alpha value is -2.65. The van der Waals surface area contributed by atoms with Crippen LogP contribution in [0.5, 0.6) is 11.5 Å². The van der Waals surface area contributed by atoms with Gasteiger partial charge in [0.05, 0.1) is 16.7 Å². The molecule has 0 saturated heterocycles. The number of hydrogen-bond donors (Lipinski definition) is 1. The number of benzene rings is 1. The van der Waals surface area contributed by atoms with Crippen LogP contribution in [0.2, 0.25) is 10.0 Å². The third kappa shape index (κ3) is 6.93. The highest BCUT2D eigenvalue weighted by Crippen LogP contribution is 2.37. The smallest absolute Gasteiger partial charge is 0.387 e. The first-order valence-corrected chi connectivity index (χ1v) is 10.4. The molecule has 11 heteroatoms. The number of esters is 1. The van der Waals surface area contributed by atoms with Crippen molar-refractivity contribution in [2.75, 3.05) is 6.61 Å². The molecule has 0 unspecified atom stereocenters. The van der Waals surface area contributed by atoms with Gasteiger partial charge in [0.2, 0.25) is 0 Å². The van der Waals surface area contributed by atoms with Crippen LogP contribution < -0.4 is 9.47 Å². The maximum atomic E-state index is 12.8. The molecule has 1 aromatic heterocycles. The number of carboxylic acids is 1. The number of halogens is 4. The minimum atomic E-state index is -3.05. The SMILES string of the molecule is O=C(O)CC(=O)O[C@@H](Cc1c(Cl)cncc1Cl)c1ccc(OC(F)F)c(OCC2CC2)c1. The summed E-state index contributed by atoms with van der Waals surface area (Å²) in [6.07, 6.45) is 2.81. The molecule has 1 heterocycles. The van der Waals surface area contributed by atoms with Crippen LogP contribution in [0, 0.1) is 5.92 Å². The molecule has 1 fully saturated rings. The molecule has 32 heavy (non-hydrogen) atoms. The first kappa shape index (κ1) is 24.0. The summed E-state index contributed by atoms with van der Waals surface area (Å²) in [4.78, 5) is 26.8. The molecular weight excluding hydrogens is 471 g/mol. The molecular formula is C21H19Cl2F2NO6. The van der Waals surface area contributed by atoms with E-state index in [1.54, 1.807) is 0 Å². The largest absolute Gasteiger partial charge is 0.489 e. The number of aromatic nitrogens is 1. The summed E-state index contributed by atoms with van der Waals surface area (Å²) in [6, 6.07) is 4.11. The van der Waals surface area contributed by atoms with Crippen LogP contribution in [-0.2, 0) is 20.7 Å². The van der Waals surface area contributed by atoms with Crippen molar-refractivity contribution in [2.24, 2.45) is 5.92 Å². The highest BCUT2D eigenvalue weighted by molar-refractivity contribution is 6.35. The van der Waals surface area contributed by atoms with Crippen LogP contribution in [0.3, 0.4) is 0 Å². The van der Waals surface area contributed by atoms with Crippen molar-refractivity contribution in [3.05, 3.63) is 51.8 Å². The van der Waals surface area contributed by atoms with Crippen molar-refractivity contribution in [2.45, 2.75) is 38.4 Å². The molecule has 1 aliphatic rings. The van der Waals surface area contributed by atoms with Gasteiger partial charge in [-0.1, -0.05) is 29.3 Å². The van der Waals surface area contributed by atoms with E-state index < -0.39 is 31.1 Å². The second-order valence-electron chi connectivity index (χ2n) is 7.17. The molecule has 1 aromatic carbocycles. The summed E-state index contributed by atoms with van der Waals surface area (Å²) in [5, 5.41) is 9.32. The molecule has 0 radical (unpaired) electrons. The zero-order valence-electron chi connectivity index (χ0n) is 16.6. The lowest BCUT2D eigenvalue weighted by molar-refractivity contribution is -0.155. The van der Waals surface area contributed by atoms with E-state index in [1.807, 2.05) is 0 Å². The van der Waals surface area contributed by atoms with Gasteiger partial charge < -0.3 is 19.3 Å². The number of carbonyl (C=O) groups is 2. The van der Waals surface area contributed by atoms with E-state index in [0.717, 1.165) is 12.8 Å². The molecule has 0 bridgehead atoms. The number of nitrogens with zero attached hydrogens (tertiary/aromatic N) is 1. The number of alkyl halides is 2. The third-order valence-corrected chi connectivity index (χ3v) is 5.29. The van der Waals surface area contributed by atoms with Gasteiger partial charge in [0.15, 0.2) is 11.5 Å². The van der Waals surface area contributed by atoms with E-state index in [4.69, 9.17) is 37.8 Å². The summed E-state index contributed by atoms with van der Waals surface area (Å²) >= 11 is 12.4. The average molecular weight is 490 g/mol.